The third kappa shape index (κ3) is 3.50. The summed E-state index contributed by atoms with van der Waals surface area (Å²) >= 11 is 1.72. The van der Waals surface area contributed by atoms with Crippen molar-refractivity contribution in [3.63, 3.8) is 0 Å². The summed E-state index contributed by atoms with van der Waals surface area (Å²) in [6.07, 6.45) is 6.21. The van der Waals surface area contributed by atoms with E-state index in [4.69, 9.17) is 5.11 Å². The third-order valence-corrected chi connectivity index (χ3v) is 4.56. The number of hydrogen-bond acceptors (Lipinski definition) is 3. The van der Waals surface area contributed by atoms with Gasteiger partial charge in [-0.15, -0.1) is 11.3 Å². The van der Waals surface area contributed by atoms with Gasteiger partial charge in [-0.05, 0) is 54.9 Å². The van der Waals surface area contributed by atoms with Gasteiger partial charge in [0.25, 0.3) is 0 Å². The monoisotopic (exact) mass is 297 g/mol. The molecule has 1 heterocycles. The summed E-state index contributed by atoms with van der Waals surface area (Å²) in [5.41, 5.74) is 4.80. The molecule has 1 atom stereocenters. The number of benzene rings is 1. The van der Waals surface area contributed by atoms with Gasteiger partial charge in [0.2, 0.25) is 0 Å². The van der Waals surface area contributed by atoms with Gasteiger partial charge in [-0.1, -0.05) is 6.07 Å². The molecule has 1 aliphatic rings. The fourth-order valence-corrected chi connectivity index (χ4v) is 3.48. The topological polar surface area (TPSA) is 50.2 Å². The summed E-state index contributed by atoms with van der Waals surface area (Å²) < 4.78 is 0. The van der Waals surface area contributed by atoms with Gasteiger partial charge in [-0.3, -0.25) is 4.98 Å². The van der Waals surface area contributed by atoms with Crippen molar-refractivity contribution >= 4 is 46.9 Å². The summed E-state index contributed by atoms with van der Waals surface area (Å²) in [6.45, 7) is 0. The van der Waals surface area contributed by atoms with E-state index < -0.39 is 5.97 Å². The number of carbonyl (C=O) groups is 1. The van der Waals surface area contributed by atoms with Crippen molar-refractivity contribution in [3.05, 3.63) is 51.5 Å². The average molecular weight is 297 g/mol. The molecule has 3 rings (SSSR count). The van der Waals surface area contributed by atoms with Crippen LogP contribution >= 0.6 is 11.3 Å². The zero-order chi connectivity index (χ0) is 13.2. The molecular formula is C15H16NNaO2S. The Hall–Kier alpha value is -0.680. The summed E-state index contributed by atoms with van der Waals surface area (Å²) in [4.78, 5) is 16.4. The number of aryl methyl sites for hydroxylation is 1. The van der Waals surface area contributed by atoms with E-state index >= 15 is 0 Å². The molecule has 0 radical (unpaired) electrons. The molecule has 1 aliphatic carbocycles. The van der Waals surface area contributed by atoms with E-state index in [1.165, 1.54) is 16.0 Å². The van der Waals surface area contributed by atoms with Crippen LogP contribution in [0.25, 0.3) is 0 Å². The fraction of sp³-hybridized carbons (Fsp3) is 0.333. The number of rotatable bonds is 3. The van der Waals surface area contributed by atoms with Gasteiger partial charge in [-0.25, -0.2) is 4.79 Å². The van der Waals surface area contributed by atoms with E-state index in [0.717, 1.165) is 25.7 Å². The molecule has 1 N–H and O–H groups in total. The molecule has 20 heavy (non-hydrogen) atoms. The number of aromatic carboxylic acids is 1. The van der Waals surface area contributed by atoms with Gasteiger partial charge < -0.3 is 5.11 Å². The standard InChI is InChI=1S/C15H15NO2S.Na.H/c17-15(18)13-4-3-11-5-10(1-2-12(11)7-13)6-14-8-16-9-19-14;;/h3-4,7-10H,1-2,5-6H2,(H,17,18);;. The van der Waals surface area contributed by atoms with Crippen molar-refractivity contribution in [1.29, 1.82) is 0 Å². The number of hydrogen-bond donors (Lipinski definition) is 1. The second-order valence-electron chi connectivity index (χ2n) is 5.07. The van der Waals surface area contributed by atoms with Gasteiger partial charge in [0.05, 0.1) is 11.1 Å². The number of thiazole rings is 1. The predicted octanol–water partition coefficient (Wildman–Crippen LogP) is 2.54. The number of fused-ring (bicyclic) bond motifs is 1. The van der Waals surface area contributed by atoms with Crippen LogP contribution in [-0.2, 0) is 19.3 Å². The van der Waals surface area contributed by atoms with E-state index in [1.807, 2.05) is 23.8 Å². The average Bonchev–Trinajstić information content (AvgIpc) is 2.91. The maximum atomic E-state index is 11.0. The molecule has 0 amide bonds. The molecule has 0 spiro atoms. The molecule has 2 aromatic rings. The van der Waals surface area contributed by atoms with Crippen molar-refractivity contribution in [3.8, 4) is 0 Å². The number of nitrogens with zero attached hydrogens (tertiary/aromatic N) is 1. The fourth-order valence-electron chi connectivity index (χ4n) is 2.77. The normalized spacial score (nSPS) is 17.1. The van der Waals surface area contributed by atoms with Crippen LogP contribution in [0.5, 0.6) is 0 Å². The Morgan fingerprint density at radius 3 is 2.95 bits per heavy atom. The molecular weight excluding hydrogens is 281 g/mol. The van der Waals surface area contributed by atoms with Crippen LogP contribution in [-0.4, -0.2) is 45.6 Å². The summed E-state index contributed by atoms with van der Waals surface area (Å²) in [7, 11) is 0. The van der Waals surface area contributed by atoms with Gasteiger partial charge in [0.15, 0.2) is 0 Å². The van der Waals surface area contributed by atoms with Crippen LogP contribution < -0.4 is 0 Å². The third-order valence-electron chi connectivity index (χ3n) is 3.76. The van der Waals surface area contributed by atoms with Crippen LogP contribution in [0.2, 0.25) is 0 Å². The first kappa shape index (κ1) is 15.7. The van der Waals surface area contributed by atoms with Crippen molar-refractivity contribution in [2.45, 2.75) is 25.7 Å². The molecule has 100 valence electrons. The minimum absolute atomic E-state index is 0. The zero-order valence-electron chi connectivity index (χ0n) is 10.5. The SMILES string of the molecule is O=C(O)c1ccc2c(c1)CCC(Cc1cncs1)C2.[NaH]. The molecule has 1 unspecified atom stereocenters. The molecule has 1 aromatic carbocycles. The van der Waals surface area contributed by atoms with E-state index in [-0.39, 0.29) is 29.6 Å². The summed E-state index contributed by atoms with van der Waals surface area (Å²) in [6, 6.07) is 5.54. The van der Waals surface area contributed by atoms with Gasteiger partial charge in [-0.2, -0.15) is 0 Å². The van der Waals surface area contributed by atoms with E-state index in [0.29, 0.717) is 11.5 Å². The first-order valence-electron chi connectivity index (χ1n) is 6.45. The molecule has 0 aliphatic heterocycles. The second kappa shape index (κ2) is 6.85. The quantitative estimate of drug-likeness (QED) is 0.886. The minimum atomic E-state index is -0.838. The number of carboxylic acid groups (broad SMARTS) is 1. The Bertz CT molecular complexity index is 598. The molecule has 0 fully saturated rings. The van der Waals surface area contributed by atoms with Gasteiger partial charge in [0, 0.05) is 11.1 Å². The van der Waals surface area contributed by atoms with Crippen LogP contribution in [0.3, 0.4) is 0 Å². The second-order valence-corrected chi connectivity index (χ2v) is 6.04. The zero-order valence-corrected chi connectivity index (χ0v) is 11.3. The van der Waals surface area contributed by atoms with Crippen LogP contribution in [0.4, 0.5) is 0 Å². The first-order valence-corrected chi connectivity index (χ1v) is 7.33. The maximum absolute atomic E-state index is 11.0. The van der Waals surface area contributed by atoms with Crippen molar-refractivity contribution in [1.82, 2.24) is 4.98 Å². The van der Waals surface area contributed by atoms with E-state index in [2.05, 4.69) is 4.98 Å². The van der Waals surface area contributed by atoms with Gasteiger partial charge >= 0.3 is 35.5 Å². The van der Waals surface area contributed by atoms with Crippen LogP contribution in [0.1, 0.15) is 32.8 Å². The molecule has 3 nitrogen and oxygen atoms in total. The summed E-state index contributed by atoms with van der Waals surface area (Å²) in [5, 5.41) is 9.00. The van der Waals surface area contributed by atoms with Gasteiger partial charge in [0.1, 0.15) is 0 Å². The van der Waals surface area contributed by atoms with E-state index in [9.17, 15) is 4.79 Å². The molecule has 1 aromatic heterocycles. The Labute approximate surface area is 144 Å². The first-order chi connectivity index (χ1) is 9.22. The molecule has 0 bridgehead atoms. The number of aromatic nitrogens is 1. The molecule has 0 saturated carbocycles. The number of carboxylic acids is 1. The van der Waals surface area contributed by atoms with E-state index in [1.54, 1.807) is 17.4 Å². The molecule has 0 saturated heterocycles. The predicted molar refractivity (Wildman–Crippen MR) is 81.9 cm³/mol. The summed E-state index contributed by atoms with van der Waals surface area (Å²) in [5.74, 6) is -0.182. The Morgan fingerprint density at radius 1 is 1.40 bits per heavy atom. The molecule has 5 heteroatoms. The van der Waals surface area contributed by atoms with Crippen LogP contribution in [0.15, 0.2) is 29.9 Å². The Kier molecular flexibility index (Phi) is 5.38. The Balaban J connectivity index is 0.00000147. The van der Waals surface area contributed by atoms with Crippen LogP contribution in [0, 0.1) is 5.92 Å². The Morgan fingerprint density at radius 2 is 2.25 bits per heavy atom. The van der Waals surface area contributed by atoms with Crippen molar-refractivity contribution in [2.75, 3.05) is 0 Å². The van der Waals surface area contributed by atoms with Crippen molar-refractivity contribution in [2.24, 2.45) is 5.92 Å². The van der Waals surface area contributed by atoms with Crippen molar-refractivity contribution < 1.29 is 9.90 Å².